The van der Waals surface area contributed by atoms with Gasteiger partial charge < -0.3 is 5.11 Å². The van der Waals surface area contributed by atoms with Crippen LogP contribution in [-0.2, 0) is 0 Å². The molecule has 1 N–H and O–H groups in total. The van der Waals surface area contributed by atoms with E-state index in [1.54, 1.807) is 0 Å². The highest BCUT2D eigenvalue weighted by molar-refractivity contribution is 4.70. The van der Waals surface area contributed by atoms with E-state index in [1.165, 1.54) is 0 Å². The molecule has 2 unspecified atom stereocenters. The zero-order valence-corrected chi connectivity index (χ0v) is 7.74. The van der Waals surface area contributed by atoms with Crippen LogP contribution in [0.25, 0.3) is 0 Å². The smallest absolute Gasteiger partial charge is 0.162 e. The van der Waals surface area contributed by atoms with Crippen LogP contribution in [0.5, 0.6) is 0 Å². The third-order valence-corrected chi connectivity index (χ3v) is 2.36. The van der Waals surface area contributed by atoms with Gasteiger partial charge in [0.15, 0.2) is 5.03 Å². The number of nitro groups is 1. The Morgan fingerprint density at radius 2 is 1.71 bits per heavy atom. The first kappa shape index (κ1) is 9.59. The van der Waals surface area contributed by atoms with Crippen molar-refractivity contribution >= 4 is 0 Å². The molecule has 14 heavy (non-hydrogen) atoms. The topological polar surface area (TPSA) is 76.3 Å². The first-order chi connectivity index (χ1) is 6.69. The van der Waals surface area contributed by atoms with E-state index in [0.717, 1.165) is 11.7 Å². The van der Waals surface area contributed by atoms with Gasteiger partial charge in [0.25, 0.3) is 0 Å². The maximum absolute atomic E-state index is 10.6. The summed E-state index contributed by atoms with van der Waals surface area (Å²) in [6.45, 7) is 2.53. The van der Waals surface area contributed by atoms with E-state index in [0.29, 0.717) is 26.7 Å². The van der Waals surface area contributed by atoms with Crippen molar-refractivity contribution in [1.29, 1.82) is 0 Å². The van der Waals surface area contributed by atoms with Crippen LogP contribution in [0.1, 0.15) is 0 Å². The van der Waals surface area contributed by atoms with Crippen LogP contribution in [0, 0.1) is 10.1 Å². The molecule has 0 radical (unpaired) electrons. The van der Waals surface area contributed by atoms with E-state index in [2.05, 4.69) is 0 Å². The summed E-state index contributed by atoms with van der Waals surface area (Å²) >= 11 is 0. The molecule has 2 bridgehead atoms. The molecule has 0 aromatic heterocycles. The lowest BCUT2D eigenvalue weighted by atomic mass is 10.5. The molecule has 0 amide bonds. The fourth-order valence-electron chi connectivity index (χ4n) is 1.86. The molecule has 2 fully saturated rings. The highest BCUT2D eigenvalue weighted by atomic mass is 16.7. The molecule has 2 aliphatic rings. The van der Waals surface area contributed by atoms with Crippen LogP contribution in [0.2, 0.25) is 0 Å². The SMILES string of the molecule is O=[N+]([O-])N1CN2CN(CO)CN(C2)C1. The fourth-order valence-corrected chi connectivity index (χ4v) is 1.86. The van der Waals surface area contributed by atoms with Gasteiger partial charge in [0, 0.05) is 0 Å². The second kappa shape index (κ2) is 3.65. The maximum atomic E-state index is 10.6. The van der Waals surface area contributed by atoms with Crippen molar-refractivity contribution in [2.45, 2.75) is 0 Å². The maximum Gasteiger partial charge on any atom is 0.162 e. The summed E-state index contributed by atoms with van der Waals surface area (Å²) in [6.07, 6.45) is 0. The second-order valence-corrected chi connectivity index (χ2v) is 3.61. The Morgan fingerprint density at radius 3 is 2.14 bits per heavy atom. The molecule has 2 heterocycles. The largest absolute Gasteiger partial charge is 0.381 e. The Bertz CT molecular complexity index is 224. The van der Waals surface area contributed by atoms with Crippen LogP contribution in [0.4, 0.5) is 0 Å². The van der Waals surface area contributed by atoms with E-state index in [1.807, 2.05) is 14.7 Å². The Morgan fingerprint density at radius 1 is 1.14 bits per heavy atom. The lowest BCUT2D eigenvalue weighted by Gasteiger charge is -2.45. The highest BCUT2D eigenvalue weighted by Gasteiger charge is 2.34. The van der Waals surface area contributed by atoms with Gasteiger partial charge in [-0.3, -0.25) is 14.7 Å². The van der Waals surface area contributed by atoms with Crippen molar-refractivity contribution in [3.8, 4) is 0 Å². The van der Waals surface area contributed by atoms with Crippen LogP contribution < -0.4 is 0 Å². The van der Waals surface area contributed by atoms with Crippen molar-refractivity contribution in [2.24, 2.45) is 0 Å². The van der Waals surface area contributed by atoms with Gasteiger partial charge in [0.05, 0.1) is 26.7 Å². The first-order valence-electron chi connectivity index (χ1n) is 4.36. The number of nitrogens with zero attached hydrogens (tertiary/aromatic N) is 5. The van der Waals surface area contributed by atoms with E-state index in [-0.39, 0.29) is 11.8 Å². The summed E-state index contributed by atoms with van der Waals surface area (Å²) < 4.78 is 0. The summed E-state index contributed by atoms with van der Waals surface area (Å²) in [5.41, 5.74) is 0. The van der Waals surface area contributed by atoms with Crippen LogP contribution in [-0.4, -0.2) is 69.9 Å². The van der Waals surface area contributed by atoms with E-state index >= 15 is 0 Å². The summed E-state index contributed by atoms with van der Waals surface area (Å²) in [5, 5.41) is 20.3. The van der Waals surface area contributed by atoms with Gasteiger partial charge in [-0.2, -0.15) is 0 Å². The van der Waals surface area contributed by atoms with Crippen molar-refractivity contribution < 1.29 is 10.1 Å². The minimum atomic E-state index is -0.381. The van der Waals surface area contributed by atoms with E-state index in [9.17, 15) is 10.1 Å². The third kappa shape index (κ3) is 1.77. The van der Waals surface area contributed by atoms with Gasteiger partial charge >= 0.3 is 0 Å². The van der Waals surface area contributed by atoms with Gasteiger partial charge in [-0.05, 0) is 0 Å². The molecule has 2 rings (SSSR count). The monoisotopic (exact) mass is 203 g/mol. The Kier molecular flexibility index (Phi) is 2.50. The highest BCUT2D eigenvalue weighted by Crippen LogP contribution is 2.13. The quantitative estimate of drug-likeness (QED) is 0.417. The van der Waals surface area contributed by atoms with Gasteiger partial charge in [-0.1, -0.05) is 5.01 Å². The van der Waals surface area contributed by atoms with Gasteiger partial charge in [-0.25, -0.2) is 10.1 Å². The molecular weight excluding hydrogens is 190 g/mol. The predicted molar refractivity (Wildman–Crippen MR) is 45.8 cm³/mol. The summed E-state index contributed by atoms with van der Waals surface area (Å²) in [7, 11) is 0. The molecule has 0 aromatic carbocycles. The molecule has 2 atom stereocenters. The standard InChI is InChI=1S/C6H13N5O3/c12-6-9-2-7-1-8(3-9)5-10(4-7)11(13)14/h12H,1-6H2. The molecule has 80 valence electrons. The molecule has 0 saturated carbocycles. The summed E-state index contributed by atoms with van der Waals surface area (Å²) in [6, 6.07) is 0. The molecule has 2 saturated heterocycles. The second-order valence-electron chi connectivity index (χ2n) is 3.61. The molecule has 0 aromatic rings. The van der Waals surface area contributed by atoms with Crippen LogP contribution in [0.15, 0.2) is 0 Å². The molecule has 0 spiro atoms. The Balaban J connectivity index is 1.98. The Hall–Kier alpha value is -0.960. The average molecular weight is 203 g/mol. The lowest BCUT2D eigenvalue weighted by Crippen LogP contribution is -2.64. The molecule has 8 heteroatoms. The number of aliphatic hydroxyl groups is 1. The van der Waals surface area contributed by atoms with Crippen LogP contribution in [0.3, 0.4) is 0 Å². The number of hydrogen-bond donors (Lipinski definition) is 1. The predicted octanol–water partition coefficient (Wildman–Crippen LogP) is -1.85. The van der Waals surface area contributed by atoms with E-state index < -0.39 is 0 Å². The third-order valence-electron chi connectivity index (χ3n) is 2.36. The normalized spacial score (nSPS) is 33.1. The summed E-state index contributed by atoms with van der Waals surface area (Å²) in [5.74, 6) is 0. The zero-order chi connectivity index (χ0) is 10.1. The van der Waals surface area contributed by atoms with Crippen molar-refractivity contribution in [2.75, 3.05) is 40.1 Å². The van der Waals surface area contributed by atoms with Crippen LogP contribution >= 0.6 is 0 Å². The number of hydrogen-bond acceptors (Lipinski definition) is 6. The van der Waals surface area contributed by atoms with Gasteiger partial charge in [0.2, 0.25) is 0 Å². The summed E-state index contributed by atoms with van der Waals surface area (Å²) in [4.78, 5) is 16.2. The molecular formula is C6H13N5O3. The number of fused-ring (bicyclic) bond motifs is 2. The van der Waals surface area contributed by atoms with Gasteiger partial charge in [0.1, 0.15) is 13.3 Å². The number of aliphatic hydroxyl groups excluding tert-OH is 1. The fraction of sp³-hybridized carbons (Fsp3) is 1.00. The van der Waals surface area contributed by atoms with Crippen molar-refractivity contribution in [1.82, 2.24) is 19.7 Å². The first-order valence-corrected chi connectivity index (χ1v) is 4.36. The van der Waals surface area contributed by atoms with E-state index in [4.69, 9.17) is 5.11 Å². The van der Waals surface area contributed by atoms with Crippen molar-refractivity contribution in [3.05, 3.63) is 10.1 Å². The van der Waals surface area contributed by atoms with Gasteiger partial charge in [-0.15, -0.1) is 0 Å². The van der Waals surface area contributed by atoms with Crippen molar-refractivity contribution in [3.63, 3.8) is 0 Å². The number of rotatable bonds is 2. The lowest BCUT2D eigenvalue weighted by molar-refractivity contribution is -0.670. The molecule has 8 nitrogen and oxygen atoms in total. The molecule has 2 aliphatic heterocycles. The molecule has 0 aliphatic carbocycles. The minimum absolute atomic E-state index is 0.00847. The number of hydrazine groups is 1. The average Bonchev–Trinajstić information content (AvgIpc) is 2.16. The Labute approximate surface area is 81.0 Å². The zero-order valence-electron chi connectivity index (χ0n) is 7.74. The minimum Gasteiger partial charge on any atom is -0.381 e.